The van der Waals surface area contributed by atoms with Gasteiger partial charge in [-0.3, -0.25) is 0 Å². The molecule has 0 aliphatic carbocycles. The Morgan fingerprint density at radius 2 is 2.24 bits per heavy atom. The number of nitrogens with one attached hydrogen (secondary N) is 1. The largest absolute Gasteiger partial charge is 0.377 e. The highest BCUT2D eigenvalue weighted by Gasteiger charge is 2.26. The van der Waals surface area contributed by atoms with Crippen LogP contribution in [0.2, 0.25) is 0 Å². The zero-order valence-electron chi connectivity index (χ0n) is 11.1. The van der Waals surface area contributed by atoms with Crippen molar-refractivity contribution in [3.8, 4) is 0 Å². The molecule has 3 unspecified atom stereocenters. The van der Waals surface area contributed by atoms with Crippen molar-refractivity contribution in [2.24, 2.45) is 0 Å². The molecule has 0 radical (unpaired) electrons. The van der Waals surface area contributed by atoms with Crippen LogP contribution in [-0.4, -0.2) is 23.7 Å². The molecule has 1 aliphatic heterocycles. The maximum atomic E-state index is 5.57. The summed E-state index contributed by atoms with van der Waals surface area (Å²) in [6, 6.07) is 0.780. The van der Waals surface area contributed by atoms with E-state index in [1.165, 1.54) is 5.01 Å². The first-order valence-electron chi connectivity index (χ1n) is 6.41. The Morgan fingerprint density at radius 1 is 1.47 bits per heavy atom. The zero-order chi connectivity index (χ0) is 12.4. The fourth-order valence-corrected chi connectivity index (χ4v) is 3.05. The van der Waals surface area contributed by atoms with Crippen molar-refractivity contribution in [3.63, 3.8) is 0 Å². The summed E-state index contributed by atoms with van der Waals surface area (Å²) < 4.78 is 5.57. The fourth-order valence-electron chi connectivity index (χ4n) is 2.12. The summed E-state index contributed by atoms with van der Waals surface area (Å²) in [4.78, 5) is 4.69. The van der Waals surface area contributed by atoms with Crippen molar-refractivity contribution >= 4 is 11.3 Å². The molecule has 0 bridgehead atoms. The Labute approximate surface area is 108 Å². The van der Waals surface area contributed by atoms with Gasteiger partial charge < -0.3 is 10.1 Å². The monoisotopic (exact) mass is 254 g/mol. The molecule has 0 aromatic carbocycles. The Morgan fingerprint density at radius 3 is 2.76 bits per heavy atom. The molecule has 17 heavy (non-hydrogen) atoms. The van der Waals surface area contributed by atoms with E-state index >= 15 is 0 Å². The maximum absolute atomic E-state index is 5.57. The molecule has 0 saturated carbocycles. The summed E-state index contributed by atoms with van der Waals surface area (Å²) in [6.45, 7) is 9.57. The van der Waals surface area contributed by atoms with E-state index in [4.69, 9.17) is 9.72 Å². The van der Waals surface area contributed by atoms with Gasteiger partial charge in [0.2, 0.25) is 0 Å². The lowest BCUT2D eigenvalue weighted by atomic mass is 10.1. The van der Waals surface area contributed by atoms with E-state index in [9.17, 15) is 0 Å². The van der Waals surface area contributed by atoms with Gasteiger partial charge in [-0.15, -0.1) is 11.3 Å². The van der Waals surface area contributed by atoms with Crippen molar-refractivity contribution in [3.05, 3.63) is 16.1 Å². The minimum absolute atomic E-state index is 0.313. The molecule has 2 rings (SSSR count). The number of hydrogen-bond acceptors (Lipinski definition) is 4. The Bertz CT molecular complexity index is 364. The second-order valence-electron chi connectivity index (χ2n) is 5.12. The van der Waals surface area contributed by atoms with Crippen molar-refractivity contribution in [2.75, 3.05) is 6.61 Å². The van der Waals surface area contributed by atoms with Crippen LogP contribution in [0.3, 0.4) is 0 Å². The SMILES string of the molecule is CC(C)c1nc(C(C)NC2CCOC2C)cs1. The van der Waals surface area contributed by atoms with E-state index in [0.717, 1.165) is 18.7 Å². The van der Waals surface area contributed by atoms with E-state index in [1.54, 1.807) is 11.3 Å². The summed E-state index contributed by atoms with van der Waals surface area (Å²) in [7, 11) is 0. The summed E-state index contributed by atoms with van der Waals surface area (Å²) >= 11 is 1.76. The van der Waals surface area contributed by atoms with Crippen LogP contribution in [0.25, 0.3) is 0 Å². The number of thiazole rings is 1. The Hall–Kier alpha value is -0.450. The topological polar surface area (TPSA) is 34.2 Å². The van der Waals surface area contributed by atoms with Crippen LogP contribution in [0.5, 0.6) is 0 Å². The van der Waals surface area contributed by atoms with Crippen LogP contribution in [0.1, 0.15) is 56.8 Å². The summed E-state index contributed by atoms with van der Waals surface area (Å²) in [5, 5.41) is 7.02. The van der Waals surface area contributed by atoms with Crippen molar-refractivity contribution < 1.29 is 4.74 Å². The van der Waals surface area contributed by atoms with Gasteiger partial charge in [0.05, 0.1) is 16.8 Å². The van der Waals surface area contributed by atoms with Gasteiger partial charge in [-0.2, -0.15) is 0 Å². The fraction of sp³-hybridized carbons (Fsp3) is 0.769. The minimum atomic E-state index is 0.313. The summed E-state index contributed by atoms with van der Waals surface area (Å²) in [5.74, 6) is 0.523. The highest BCUT2D eigenvalue weighted by Crippen LogP contribution is 2.24. The van der Waals surface area contributed by atoms with E-state index in [1.807, 2.05) is 0 Å². The van der Waals surface area contributed by atoms with Crippen LogP contribution in [0.15, 0.2) is 5.38 Å². The molecule has 2 heterocycles. The first-order chi connectivity index (χ1) is 8.08. The normalized spacial score (nSPS) is 26.6. The molecule has 1 saturated heterocycles. The molecular weight excluding hydrogens is 232 g/mol. The molecule has 4 heteroatoms. The van der Waals surface area contributed by atoms with Crippen molar-refractivity contribution in [1.29, 1.82) is 0 Å². The third-order valence-corrected chi connectivity index (χ3v) is 4.48. The van der Waals surface area contributed by atoms with Crippen molar-refractivity contribution in [1.82, 2.24) is 10.3 Å². The summed E-state index contributed by atoms with van der Waals surface area (Å²) in [6.07, 6.45) is 1.42. The van der Waals surface area contributed by atoms with Gasteiger partial charge in [0, 0.05) is 30.0 Å². The van der Waals surface area contributed by atoms with E-state index in [-0.39, 0.29) is 0 Å². The van der Waals surface area contributed by atoms with Gasteiger partial charge in [-0.1, -0.05) is 13.8 Å². The molecule has 1 fully saturated rings. The quantitative estimate of drug-likeness (QED) is 0.896. The molecule has 3 atom stereocenters. The lowest BCUT2D eigenvalue weighted by molar-refractivity contribution is 0.111. The molecule has 0 amide bonds. The lowest BCUT2D eigenvalue weighted by Crippen LogP contribution is -2.36. The van der Waals surface area contributed by atoms with E-state index < -0.39 is 0 Å². The molecule has 0 spiro atoms. The van der Waals surface area contributed by atoms with Crippen LogP contribution in [0.4, 0.5) is 0 Å². The first-order valence-corrected chi connectivity index (χ1v) is 7.29. The maximum Gasteiger partial charge on any atom is 0.0954 e. The van der Waals surface area contributed by atoms with Gasteiger partial charge in [-0.05, 0) is 20.3 Å². The number of rotatable bonds is 4. The standard InChI is InChI=1S/C13H22N2OS/c1-8(2)13-15-12(7-17-13)9(3)14-11-5-6-16-10(11)4/h7-11,14H,5-6H2,1-4H3. The third-order valence-electron chi connectivity index (χ3n) is 3.32. The Kier molecular flexibility index (Phi) is 4.17. The van der Waals surface area contributed by atoms with Gasteiger partial charge >= 0.3 is 0 Å². The molecular formula is C13H22N2OS. The predicted octanol–water partition coefficient (Wildman–Crippen LogP) is 3.09. The molecule has 1 N–H and O–H groups in total. The van der Waals surface area contributed by atoms with Gasteiger partial charge in [0.25, 0.3) is 0 Å². The van der Waals surface area contributed by atoms with Crippen LogP contribution < -0.4 is 5.32 Å². The molecule has 1 aromatic rings. The highest BCUT2D eigenvalue weighted by molar-refractivity contribution is 7.09. The van der Waals surface area contributed by atoms with Crippen LogP contribution >= 0.6 is 11.3 Å². The second kappa shape index (κ2) is 5.46. The van der Waals surface area contributed by atoms with E-state index in [0.29, 0.717) is 24.1 Å². The number of hydrogen-bond donors (Lipinski definition) is 1. The second-order valence-corrected chi connectivity index (χ2v) is 6.01. The smallest absolute Gasteiger partial charge is 0.0954 e. The Balaban J connectivity index is 1.96. The number of aromatic nitrogens is 1. The zero-order valence-corrected chi connectivity index (χ0v) is 11.9. The molecule has 1 aromatic heterocycles. The highest BCUT2D eigenvalue weighted by atomic mass is 32.1. The van der Waals surface area contributed by atoms with Crippen LogP contribution in [-0.2, 0) is 4.74 Å². The first kappa shape index (κ1) is 13.0. The average Bonchev–Trinajstić information content (AvgIpc) is 2.88. The minimum Gasteiger partial charge on any atom is -0.377 e. The van der Waals surface area contributed by atoms with Crippen molar-refractivity contribution in [2.45, 2.75) is 58.2 Å². The predicted molar refractivity (Wildman–Crippen MR) is 71.6 cm³/mol. The molecule has 3 nitrogen and oxygen atoms in total. The van der Waals surface area contributed by atoms with Gasteiger partial charge in [0.1, 0.15) is 0 Å². The van der Waals surface area contributed by atoms with Gasteiger partial charge in [-0.25, -0.2) is 4.98 Å². The molecule has 1 aliphatic rings. The number of ether oxygens (including phenoxy) is 1. The molecule has 96 valence electrons. The lowest BCUT2D eigenvalue weighted by Gasteiger charge is -2.20. The third kappa shape index (κ3) is 3.06. The van der Waals surface area contributed by atoms with Gasteiger partial charge in [0.15, 0.2) is 0 Å². The summed E-state index contributed by atoms with van der Waals surface area (Å²) in [5.41, 5.74) is 1.16. The average molecular weight is 254 g/mol. The number of nitrogens with zero attached hydrogens (tertiary/aromatic N) is 1. The van der Waals surface area contributed by atoms with E-state index in [2.05, 4.69) is 38.4 Å². The van der Waals surface area contributed by atoms with Crippen LogP contribution in [0, 0.1) is 0 Å².